The first-order valence-corrected chi connectivity index (χ1v) is 15.4. The number of benzene rings is 6. The molecule has 1 aliphatic carbocycles. The molecule has 2 heteroatoms. The number of thiophene rings is 1. The molecule has 0 fully saturated rings. The van der Waals surface area contributed by atoms with E-state index in [9.17, 15) is 0 Å². The highest BCUT2D eigenvalue weighted by Crippen LogP contribution is 2.46. The minimum absolute atomic E-state index is 1.11. The molecule has 42 heavy (non-hydrogen) atoms. The van der Waals surface area contributed by atoms with E-state index in [4.69, 9.17) is 0 Å². The van der Waals surface area contributed by atoms with E-state index in [1.807, 2.05) is 11.3 Å². The lowest BCUT2D eigenvalue weighted by Crippen LogP contribution is -2.10. The highest BCUT2D eigenvalue weighted by Gasteiger charge is 2.21. The second-order valence-electron chi connectivity index (χ2n) is 10.9. The number of hydrogen-bond acceptors (Lipinski definition) is 2. The molecule has 1 nitrogen and oxygen atoms in total. The molecule has 1 aromatic heterocycles. The quantitative estimate of drug-likeness (QED) is 0.204. The van der Waals surface area contributed by atoms with E-state index in [-0.39, 0.29) is 0 Å². The lowest BCUT2D eigenvalue weighted by atomic mass is 9.99. The molecule has 8 rings (SSSR count). The third-order valence-electron chi connectivity index (χ3n) is 8.32. The summed E-state index contributed by atoms with van der Waals surface area (Å²) in [4.78, 5) is 3.83. The Hall–Kier alpha value is -4.92. The number of rotatable bonds is 5. The maximum atomic E-state index is 2.44. The topological polar surface area (TPSA) is 3.24 Å². The van der Waals surface area contributed by atoms with Gasteiger partial charge in [-0.15, -0.1) is 11.3 Å². The van der Waals surface area contributed by atoms with Gasteiger partial charge in [-0.05, 0) is 99.3 Å². The van der Waals surface area contributed by atoms with Gasteiger partial charge in [-0.25, -0.2) is 0 Å². The Bertz CT molecular complexity index is 2080. The molecule has 0 aliphatic heterocycles. The van der Waals surface area contributed by atoms with Crippen molar-refractivity contribution in [2.45, 2.75) is 12.8 Å². The van der Waals surface area contributed by atoms with Crippen LogP contribution < -0.4 is 4.90 Å². The number of allylic oxidation sites excluding steroid dienone is 1. The van der Waals surface area contributed by atoms with E-state index in [2.05, 4.69) is 157 Å². The van der Waals surface area contributed by atoms with Gasteiger partial charge in [0.05, 0.1) is 10.4 Å². The number of nitrogens with zero attached hydrogens (tertiary/aromatic N) is 1. The molecular formula is C40H29NS. The van der Waals surface area contributed by atoms with Crippen LogP contribution >= 0.6 is 11.3 Å². The number of hydrogen-bond donors (Lipinski definition) is 0. The zero-order valence-electron chi connectivity index (χ0n) is 23.2. The highest BCUT2D eigenvalue weighted by molar-refractivity contribution is 7.20. The lowest BCUT2D eigenvalue weighted by Gasteiger charge is -2.27. The average Bonchev–Trinajstić information content (AvgIpc) is 3.45. The van der Waals surface area contributed by atoms with E-state index in [0.717, 1.165) is 24.2 Å². The van der Waals surface area contributed by atoms with Gasteiger partial charge in [0.1, 0.15) is 0 Å². The van der Waals surface area contributed by atoms with Crippen LogP contribution in [0.1, 0.15) is 16.9 Å². The van der Waals surface area contributed by atoms with Crippen molar-refractivity contribution >= 4 is 55.3 Å². The Morgan fingerprint density at radius 1 is 0.524 bits per heavy atom. The van der Waals surface area contributed by atoms with E-state index >= 15 is 0 Å². The first kappa shape index (κ1) is 24.8. The second kappa shape index (κ2) is 10.5. The normalized spacial score (nSPS) is 12.5. The van der Waals surface area contributed by atoms with E-state index < -0.39 is 0 Å². The smallest absolute Gasteiger partial charge is 0.0640 e. The number of anilines is 3. The maximum absolute atomic E-state index is 2.44. The van der Waals surface area contributed by atoms with Crippen molar-refractivity contribution < 1.29 is 0 Å². The Balaban J connectivity index is 1.29. The van der Waals surface area contributed by atoms with Crippen LogP contribution in [-0.2, 0) is 6.42 Å². The van der Waals surface area contributed by atoms with Gasteiger partial charge >= 0.3 is 0 Å². The van der Waals surface area contributed by atoms with Crippen LogP contribution in [0, 0.1) is 0 Å². The highest BCUT2D eigenvalue weighted by atomic mass is 32.1. The lowest BCUT2D eigenvalue weighted by molar-refractivity contribution is 1.01. The second-order valence-corrected chi connectivity index (χ2v) is 12.0. The van der Waals surface area contributed by atoms with Gasteiger partial charge in [0.25, 0.3) is 0 Å². The van der Waals surface area contributed by atoms with Crippen molar-refractivity contribution in [2.75, 3.05) is 4.90 Å². The van der Waals surface area contributed by atoms with Gasteiger partial charge in [0.2, 0.25) is 0 Å². The Morgan fingerprint density at radius 2 is 1.24 bits per heavy atom. The summed E-state index contributed by atoms with van der Waals surface area (Å²) >= 11 is 1.92. The van der Waals surface area contributed by atoms with Gasteiger partial charge in [0, 0.05) is 16.3 Å². The van der Waals surface area contributed by atoms with Crippen molar-refractivity contribution in [3.8, 4) is 22.3 Å². The summed E-state index contributed by atoms with van der Waals surface area (Å²) in [5.41, 5.74) is 9.91. The minimum atomic E-state index is 1.11. The average molecular weight is 556 g/mol. The summed E-state index contributed by atoms with van der Waals surface area (Å²) in [6, 6.07) is 50.7. The number of fused-ring (bicyclic) bond motifs is 4. The third kappa shape index (κ3) is 4.41. The van der Waals surface area contributed by atoms with Crippen LogP contribution in [-0.4, -0.2) is 0 Å². The fourth-order valence-corrected chi connectivity index (χ4v) is 7.50. The van der Waals surface area contributed by atoms with E-state index in [1.54, 1.807) is 0 Å². The SMILES string of the molecule is C1=Cc2sc3c(N(c4ccc(-c5ccccc5)cc4)c4cccc(-c5ccc6ccccc6c5)c4)cccc3c2CC1. The zero-order chi connectivity index (χ0) is 27.9. The van der Waals surface area contributed by atoms with Crippen LogP contribution in [0.2, 0.25) is 0 Å². The molecule has 0 atom stereocenters. The van der Waals surface area contributed by atoms with Crippen molar-refractivity contribution in [3.05, 3.63) is 156 Å². The van der Waals surface area contributed by atoms with E-state index in [1.165, 1.54) is 59.2 Å². The van der Waals surface area contributed by atoms with Crippen LogP contribution in [0.3, 0.4) is 0 Å². The van der Waals surface area contributed by atoms with Crippen LogP contribution in [0.25, 0.3) is 49.2 Å². The molecule has 0 radical (unpaired) electrons. The molecule has 1 aliphatic rings. The monoisotopic (exact) mass is 555 g/mol. The van der Waals surface area contributed by atoms with Gasteiger partial charge in [-0.3, -0.25) is 0 Å². The van der Waals surface area contributed by atoms with Crippen molar-refractivity contribution in [3.63, 3.8) is 0 Å². The minimum Gasteiger partial charge on any atom is -0.309 e. The molecule has 200 valence electrons. The molecular weight excluding hydrogens is 527 g/mol. The molecule has 0 saturated heterocycles. The van der Waals surface area contributed by atoms with Crippen LogP contribution in [0.5, 0.6) is 0 Å². The van der Waals surface area contributed by atoms with Crippen LogP contribution in [0.15, 0.2) is 146 Å². The first-order chi connectivity index (χ1) is 20.8. The fourth-order valence-electron chi connectivity index (χ4n) is 6.21. The molecule has 6 aromatic carbocycles. The molecule has 0 unspecified atom stereocenters. The Morgan fingerprint density at radius 3 is 2.12 bits per heavy atom. The molecule has 0 amide bonds. The van der Waals surface area contributed by atoms with Crippen LogP contribution in [0.4, 0.5) is 17.1 Å². The predicted molar refractivity (Wildman–Crippen MR) is 182 cm³/mol. The summed E-state index contributed by atoms with van der Waals surface area (Å²) in [7, 11) is 0. The maximum Gasteiger partial charge on any atom is 0.0640 e. The molecule has 0 N–H and O–H groups in total. The molecule has 0 spiro atoms. The first-order valence-electron chi connectivity index (χ1n) is 14.6. The summed E-state index contributed by atoms with van der Waals surface area (Å²) in [6.07, 6.45) is 6.84. The largest absolute Gasteiger partial charge is 0.309 e. The zero-order valence-corrected chi connectivity index (χ0v) is 24.0. The third-order valence-corrected chi connectivity index (χ3v) is 9.56. The number of aryl methyl sites for hydroxylation is 1. The van der Waals surface area contributed by atoms with E-state index in [0.29, 0.717) is 0 Å². The van der Waals surface area contributed by atoms with Gasteiger partial charge in [-0.2, -0.15) is 0 Å². The Labute approximate surface area is 250 Å². The Kier molecular flexibility index (Phi) is 6.20. The van der Waals surface area contributed by atoms with Gasteiger partial charge in [-0.1, -0.05) is 109 Å². The molecule has 0 saturated carbocycles. The standard InChI is InChI=1S/C40H29NS/c1-2-10-28(11-3-1)30-22-24-34(25-23-30)41(38-18-9-17-37-36-16-6-7-19-39(36)42-40(37)38)35-15-8-14-32(27-35)33-21-20-29-12-4-5-13-31(29)26-33/h1-5,7-15,17-27H,6,16H2. The molecule has 1 heterocycles. The van der Waals surface area contributed by atoms with Crippen molar-refractivity contribution in [1.82, 2.24) is 0 Å². The summed E-state index contributed by atoms with van der Waals surface area (Å²) < 4.78 is 1.34. The van der Waals surface area contributed by atoms with Gasteiger partial charge < -0.3 is 4.90 Å². The molecule has 7 aromatic rings. The summed E-state index contributed by atoms with van der Waals surface area (Å²) in [5.74, 6) is 0. The van der Waals surface area contributed by atoms with Crippen molar-refractivity contribution in [1.29, 1.82) is 0 Å². The van der Waals surface area contributed by atoms with Gasteiger partial charge in [0.15, 0.2) is 0 Å². The van der Waals surface area contributed by atoms with Crippen molar-refractivity contribution in [2.24, 2.45) is 0 Å². The summed E-state index contributed by atoms with van der Waals surface area (Å²) in [5, 5.41) is 3.91. The summed E-state index contributed by atoms with van der Waals surface area (Å²) in [6.45, 7) is 0. The molecule has 0 bridgehead atoms. The predicted octanol–water partition coefficient (Wildman–Crippen LogP) is 11.8. The fraction of sp³-hybridized carbons (Fsp3) is 0.0500.